The van der Waals surface area contributed by atoms with Gasteiger partial charge in [-0.3, -0.25) is 4.79 Å². The van der Waals surface area contributed by atoms with Crippen LogP contribution in [0.2, 0.25) is 0 Å². The quantitative estimate of drug-likeness (QED) is 0.167. The molecule has 0 aromatic heterocycles. The monoisotopic (exact) mass is 508 g/mol. The molecule has 0 unspecified atom stereocenters. The molecule has 5 nitrogen and oxygen atoms in total. The van der Waals surface area contributed by atoms with Crippen LogP contribution in [0, 0.1) is 3.57 Å². The number of rotatable bonds is 13. The molecule has 1 amide bonds. The Morgan fingerprint density at radius 2 is 1.55 bits per heavy atom. The number of unbranched alkanes of at least 4 members (excludes halogenated alkanes) is 5. The van der Waals surface area contributed by atoms with E-state index in [1.165, 1.54) is 32.1 Å². The molecule has 0 fully saturated rings. The second-order valence-corrected chi connectivity index (χ2v) is 7.97. The molecule has 0 aliphatic heterocycles. The van der Waals surface area contributed by atoms with Crippen molar-refractivity contribution >= 4 is 34.7 Å². The summed E-state index contributed by atoms with van der Waals surface area (Å²) in [5, 5.41) is 3.96. The maximum atomic E-state index is 11.8. The Kier molecular flexibility index (Phi) is 11.2. The Bertz CT molecular complexity index is 746. The fourth-order valence-electron chi connectivity index (χ4n) is 2.61. The van der Waals surface area contributed by atoms with Crippen molar-refractivity contribution in [1.82, 2.24) is 5.43 Å². The zero-order valence-corrected chi connectivity index (χ0v) is 19.1. The highest BCUT2D eigenvalue weighted by molar-refractivity contribution is 14.1. The summed E-state index contributed by atoms with van der Waals surface area (Å²) in [6.07, 6.45) is 9.11. The summed E-state index contributed by atoms with van der Waals surface area (Å²) in [5.74, 6) is 1.20. The highest BCUT2D eigenvalue weighted by Crippen LogP contribution is 2.14. The first kappa shape index (κ1) is 23.2. The molecule has 0 saturated heterocycles. The van der Waals surface area contributed by atoms with Crippen LogP contribution in [0.3, 0.4) is 0 Å². The van der Waals surface area contributed by atoms with Crippen molar-refractivity contribution in [3.05, 3.63) is 57.7 Å². The zero-order valence-electron chi connectivity index (χ0n) is 16.9. The number of nitrogens with one attached hydrogen (secondary N) is 1. The molecule has 0 radical (unpaired) electrons. The summed E-state index contributed by atoms with van der Waals surface area (Å²) in [6, 6.07) is 15.2. The first-order valence-corrected chi connectivity index (χ1v) is 11.2. The largest absolute Gasteiger partial charge is 0.494 e. The first-order chi connectivity index (χ1) is 14.2. The Morgan fingerprint density at radius 1 is 0.931 bits per heavy atom. The van der Waals surface area contributed by atoms with E-state index >= 15 is 0 Å². The number of nitrogens with zero attached hydrogens (tertiary/aromatic N) is 1. The number of carbonyl (C=O) groups is 1. The topological polar surface area (TPSA) is 59.9 Å². The van der Waals surface area contributed by atoms with Crippen molar-refractivity contribution in [3.63, 3.8) is 0 Å². The van der Waals surface area contributed by atoms with E-state index in [-0.39, 0.29) is 12.5 Å². The highest BCUT2D eigenvalue weighted by Gasteiger charge is 2.01. The zero-order chi connectivity index (χ0) is 20.7. The average Bonchev–Trinajstić information content (AvgIpc) is 2.74. The number of benzene rings is 2. The second-order valence-electron chi connectivity index (χ2n) is 6.72. The van der Waals surface area contributed by atoms with E-state index in [1.54, 1.807) is 6.21 Å². The van der Waals surface area contributed by atoms with Crippen LogP contribution in [0.5, 0.6) is 11.5 Å². The Hall–Kier alpha value is -2.09. The van der Waals surface area contributed by atoms with Crippen LogP contribution in [0.15, 0.2) is 53.6 Å². The van der Waals surface area contributed by atoms with Crippen molar-refractivity contribution in [2.75, 3.05) is 13.2 Å². The van der Waals surface area contributed by atoms with E-state index in [0.717, 1.165) is 27.9 Å². The molecular weight excluding hydrogens is 479 g/mol. The van der Waals surface area contributed by atoms with Crippen molar-refractivity contribution in [2.24, 2.45) is 5.10 Å². The molecular formula is C23H29IN2O3. The van der Waals surface area contributed by atoms with Crippen molar-refractivity contribution < 1.29 is 14.3 Å². The molecule has 0 bridgehead atoms. The van der Waals surface area contributed by atoms with Crippen LogP contribution in [0.1, 0.15) is 51.0 Å². The normalized spacial score (nSPS) is 10.8. The lowest BCUT2D eigenvalue weighted by Crippen LogP contribution is -2.24. The first-order valence-electron chi connectivity index (χ1n) is 10.1. The number of amides is 1. The molecule has 0 saturated carbocycles. The number of hydrogen-bond acceptors (Lipinski definition) is 4. The lowest BCUT2D eigenvalue weighted by atomic mass is 10.1. The number of ether oxygens (including phenoxy) is 2. The summed E-state index contributed by atoms with van der Waals surface area (Å²) in [6.45, 7) is 2.89. The minimum absolute atomic E-state index is 0.0802. The van der Waals surface area contributed by atoms with E-state index in [4.69, 9.17) is 9.47 Å². The van der Waals surface area contributed by atoms with Gasteiger partial charge in [0.05, 0.1) is 12.8 Å². The number of carbonyl (C=O) groups excluding carboxylic acids is 1. The number of hydrogen-bond donors (Lipinski definition) is 1. The fraction of sp³-hybridized carbons (Fsp3) is 0.391. The van der Waals surface area contributed by atoms with Crippen LogP contribution in [0.25, 0.3) is 0 Å². The van der Waals surface area contributed by atoms with E-state index in [2.05, 4.69) is 40.0 Å². The minimum Gasteiger partial charge on any atom is -0.494 e. The predicted octanol–water partition coefficient (Wildman–Crippen LogP) is 5.56. The summed E-state index contributed by atoms with van der Waals surface area (Å²) < 4.78 is 12.3. The molecule has 29 heavy (non-hydrogen) atoms. The SMILES string of the molecule is CCCCCCCCOc1ccc(C=NNC(=O)COc2ccc(I)cc2)cc1. The molecule has 156 valence electrons. The van der Waals surface area contributed by atoms with Gasteiger partial charge < -0.3 is 9.47 Å². The molecule has 0 aliphatic rings. The molecule has 2 aromatic rings. The van der Waals surface area contributed by atoms with Gasteiger partial charge in [-0.05, 0) is 83.1 Å². The molecule has 6 heteroatoms. The maximum Gasteiger partial charge on any atom is 0.277 e. The van der Waals surface area contributed by atoms with Crippen LogP contribution in [0.4, 0.5) is 0 Å². The molecule has 0 aliphatic carbocycles. The van der Waals surface area contributed by atoms with Crippen LogP contribution in [-0.2, 0) is 4.79 Å². The fourth-order valence-corrected chi connectivity index (χ4v) is 2.97. The Labute approximate surface area is 187 Å². The third-order valence-corrected chi connectivity index (χ3v) is 4.95. The van der Waals surface area contributed by atoms with Gasteiger partial charge >= 0.3 is 0 Å². The summed E-state index contributed by atoms with van der Waals surface area (Å²) in [7, 11) is 0. The van der Waals surface area contributed by atoms with Crippen molar-refractivity contribution in [3.8, 4) is 11.5 Å². The van der Waals surface area contributed by atoms with Crippen molar-refractivity contribution in [1.29, 1.82) is 0 Å². The standard InChI is InChI=1S/C23H29IN2O3/c1-2-3-4-5-6-7-16-28-21-12-8-19(9-13-21)17-25-26-23(27)18-29-22-14-10-20(24)11-15-22/h8-15,17H,2-7,16,18H2,1H3,(H,26,27). The molecule has 2 rings (SSSR count). The molecule has 1 N–H and O–H groups in total. The van der Waals surface area contributed by atoms with Crippen LogP contribution >= 0.6 is 22.6 Å². The summed E-state index contributed by atoms with van der Waals surface area (Å²) in [5.41, 5.74) is 3.35. The van der Waals surface area contributed by atoms with E-state index in [9.17, 15) is 4.79 Å². The average molecular weight is 508 g/mol. The van der Waals surface area contributed by atoms with Gasteiger partial charge in [0.1, 0.15) is 11.5 Å². The van der Waals surface area contributed by atoms with Gasteiger partial charge in [0.15, 0.2) is 6.61 Å². The third-order valence-electron chi connectivity index (χ3n) is 4.23. The summed E-state index contributed by atoms with van der Waals surface area (Å²) >= 11 is 2.22. The third kappa shape index (κ3) is 10.3. The van der Waals surface area contributed by atoms with Gasteiger partial charge in [0.25, 0.3) is 5.91 Å². The minimum atomic E-state index is -0.307. The molecule has 0 heterocycles. The lowest BCUT2D eigenvalue weighted by molar-refractivity contribution is -0.123. The van der Waals surface area contributed by atoms with E-state index in [0.29, 0.717) is 5.75 Å². The second kappa shape index (κ2) is 14.0. The Balaban J connectivity index is 1.62. The van der Waals surface area contributed by atoms with Gasteiger partial charge in [-0.15, -0.1) is 0 Å². The van der Waals surface area contributed by atoms with Gasteiger partial charge in [0, 0.05) is 3.57 Å². The van der Waals surface area contributed by atoms with Gasteiger partial charge in [-0.25, -0.2) is 5.43 Å². The van der Waals surface area contributed by atoms with Gasteiger partial charge in [0.2, 0.25) is 0 Å². The molecule has 2 aromatic carbocycles. The number of halogens is 1. The van der Waals surface area contributed by atoms with Gasteiger partial charge in [-0.1, -0.05) is 39.0 Å². The van der Waals surface area contributed by atoms with Crippen molar-refractivity contribution in [2.45, 2.75) is 45.4 Å². The van der Waals surface area contributed by atoms with Gasteiger partial charge in [-0.2, -0.15) is 5.10 Å². The predicted molar refractivity (Wildman–Crippen MR) is 126 cm³/mol. The van der Waals surface area contributed by atoms with E-state index in [1.807, 2.05) is 48.5 Å². The molecule has 0 atom stereocenters. The van der Waals surface area contributed by atoms with Crippen LogP contribution in [-0.4, -0.2) is 25.3 Å². The summed E-state index contributed by atoms with van der Waals surface area (Å²) in [4.78, 5) is 11.8. The highest BCUT2D eigenvalue weighted by atomic mass is 127. The lowest BCUT2D eigenvalue weighted by Gasteiger charge is -2.06. The van der Waals surface area contributed by atoms with Crippen LogP contribution < -0.4 is 14.9 Å². The number of hydrazone groups is 1. The smallest absolute Gasteiger partial charge is 0.277 e. The molecule has 0 spiro atoms. The Morgan fingerprint density at radius 3 is 2.28 bits per heavy atom. The maximum absolute atomic E-state index is 11.8. The van der Waals surface area contributed by atoms with E-state index < -0.39 is 0 Å².